The van der Waals surface area contributed by atoms with Gasteiger partial charge in [0, 0.05) is 13.0 Å². The number of carbonyl (C=O) groups excluding carboxylic acids is 2. The van der Waals surface area contributed by atoms with E-state index in [2.05, 4.69) is 0 Å². The number of hydrogen-bond acceptors (Lipinski definition) is 6. The van der Waals surface area contributed by atoms with Crippen LogP contribution in [0.4, 0.5) is 0 Å². The molecule has 116 valence electrons. The molecule has 1 aromatic carbocycles. The summed E-state index contributed by atoms with van der Waals surface area (Å²) in [5.41, 5.74) is 13.2. The van der Waals surface area contributed by atoms with Crippen LogP contribution in [0.2, 0.25) is 0 Å². The Morgan fingerprint density at radius 1 is 1.19 bits per heavy atom. The number of ether oxygens (including phenoxy) is 1. The Hall–Kier alpha value is -1.96. The third-order valence-corrected chi connectivity index (χ3v) is 2.94. The molecule has 1 rings (SSSR count). The van der Waals surface area contributed by atoms with Gasteiger partial charge in [0.2, 0.25) is 0 Å². The lowest BCUT2D eigenvalue weighted by Gasteiger charge is -2.10. The lowest BCUT2D eigenvalue weighted by Crippen LogP contribution is -2.21. The second-order valence-corrected chi connectivity index (χ2v) is 4.55. The van der Waals surface area contributed by atoms with Crippen LogP contribution in [-0.4, -0.2) is 23.6 Å². The van der Waals surface area contributed by atoms with Crippen LogP contribution in [0.15, 0.2) is 18.2 Å². The van der Waals surface area contributed by atoms with Gasteiger partial charge in [0.15, 0.2) is 0 Å². The number of hydrogen-bond donors (Lipinski definition) is 4. The number of benzene rings is 1. The highest BCUT2D eigenvalue weighted by molar-refractivity contribution is 5.97. The maximum Gasteiger partial charge on any atom is 0.311 e. The van der Waals surface area contributed by atoms with E-state index in [-0.39, 0.29) is 24.3 Å². The van der Waals surface area contributed by atoms with Gasteiger partial charge in [-0.1, -0.05) is 12.5 Å². The van der Waals surface area contributed by atoms with Crippen molar-refractivity contribution in [2.75, 3.05) is 6.54 Å². The number of carbonyl (C=O) groups is 2. The molecule has 0 spiro atoms. The third-order valence-electron chi connectivity index (χ3n) is 2.94. The zero-order valence-electron chi connectivity index (χ0n) is 11.8. The van der Waals surface area contributed by atoms with E-state index in [0.717, 1.165) is 18.4 Å². The summed E-state index contributed by atoms with van der Waals surface area (Å²) in [5, 5.41) is 8.70. The SMILES string of the molecule is NCCCCCC(=O)Oc1cc(CN)ccc1C(=O)NO. The number of hydroxylamine groups is 1. The second kappa shape index (κ2) is 9.06. The fourth-order valence-electron chi connectivity index (χ4n) is 1.79. The predicted molar refractivity (Wildman–Crippen MR) is 76.7 cm³/mol. The molecule has 0 fully saturated rings. The minimum Gasteiger partial charge on any atom is -0.426 e. The lowest BCUT2D eigenvalue weighted by molar-refractivity contribution is -0.134. The molecule has 0 saturated heterocycles. The zero-order valence-corrected chi connectivity index (χ0v) is 11.8. The van der Waals surface area contributed by atoms with Gasteiger partial charge >= 0.3 is 5.97 Å². The predicted octanol–water partition coefficient (Wildman–Crippen LogP) is 0.689. The van der Waals surface area contributed by atoms with E-state index in [0.29, 0.717) is 13.0 Å². The van der Waals surface area contributed by atoms with E-state index < -0.39 is 11.9 Å². The van der Waals surface area contributed by atoms with Crippen LogP contribution in [0.3, 0.4) is 0 Å². The number of nitrogens with two attached hydrogens (primary N) is 2. The molecule has 6 N–H and O–H groups in total. The standard InChI is InChI=1S/C14H21N3O4/c15-7-3-1-2-4-13(18)21-12-8-10(9-16)5-6-11(12)14(19)17-20/h5-6,8,20H,1-4,7,9,15-16H2,(H,17,19). The fourth-order valence-corrected chi connectivity index (χ4v) is 1.79. The van der Waals surface area contributed by atoms with Crippen LogP contribution in [-0.2, 0) is 11.3 Å². The van der Waals surface area contributed by atoms with Gasteiger partial charge in [0.05, 0.1) is 5.56 Å². The molecule has 0 heterocycles. The molecule has 7 heteroatoms. The van der Waals surface area contributed by atoms with Crippen LogP contribution in [0.1, 0.15) is 41.6 Å². The van der Waals surface area contributed by atoms with E-state index in [1.165, 1.54) is 17.6 Å². The topological polar surface area (TPSA) is 128 Å². The van der Waals surface area contributed by atoms with Crippen molar-refractivity contribution in [2.45, 2.75) is 32.2 Å². The number of unbranched alkanes of at least 4 members (excludes halogenated alkanes) is 2. The first-order valence-electron chi connectivity index (χ1n) is 6.80. The van der Waals surface area contributed by atoms with Crippen LogP contribution >= 0.6 is 0 Å². The normalized spacial score (nSPS) is 10.2. The molecule has 0 aromatic heterocycles. The number of esters is 1. The summed E-state index contributed by atoms with van der Waals surface area (Å²) in [7, 11) is 0. The minimum atomic E-state index is -0.746. The van der Waals surface area contributed by atoms with E-state index in [1.807, 2.05) is 0 Å². The first-order valence-corrected chi connectivity index (χ1v) is 6.80. The van der Waals surface area contributed by atoms with E-state index in [1.54, 1.807) is 6.07 Å². The van der Waals surface area contributed by atoms with Gasteiger partial charge in [-0.15, -0.1) is 0 Å². The Labute approximate surface area is 123 Å². The Bertz CT molecular complexity index is 491. The Morgan fingerprint density at radius 2 is 1.95 bits per heavy atom. The highest BCUT2D eigenvalue weighted by Crippen LogP contribution is 2.21. The summed E-state index contributed by atoms with van der Waals surface area (Å²) >= 11 is 0. The first-order chi connectivity index (χ1) is 10.1. The molecular weight excluding hydrogens is 274 g/mol. The van der Waals surface area contributed by atoms with Gasteiger partial charge in [-0.25, -0.2) is 5.48 Å². The third kappa shape index (κ3) is 5.50. The molecule has 0 bridgehead atoms. The average molecular weight is 295 g/mol. The summed E-state index contributed by atoms with van der Waals surface area (Å²) in [6.07, 6.45) is 2.62. The number of rotatable bonds is 8. The summed E-state index contributed by atoms with van der Waals surface area (Å²) in [6.45, 7) is 0.844. The molecule has 1 aromatic rings. The van der Waals surface area contributed by atoms with Crippen molar-refractivity contribution in [1.29, 1.82) is 0 Å². The lowest BCUT2D eigenvalue weighted by atomic mass is 10.1. The highest BCUT2D eigenvalue weighted by Gasteiger charge is 2.15. The number of nitrogens with one attached hydrogen (secondary N) is 1. The van der Waals surface area contributed by atoms with Crippen molar-refractivity contribution < 1.29 is 19.5 Å². The van der Waals surface area contributed by atoms with Crippen LogP contribution in [0, 0.1) is 0 Å². The molecule has 21 heavy (non-hydrogen) atoms. The van der Waals surface area contributed by atoms with E-state index in [9.17, 15) is 9.59 Å². The van der Waals surface area contributed by atoms with Crippen LogP contribution < -0.4 is 21.7 Å². The molecule has 7 nitrogen and oxygen atoms in total. The van der Waals surface area contributed by atoms with Crippen LogP contribution in [0.25, 0.3) is 0 Å². The quantitative estimate of drug-likeness (QED) is 0.184. The van der Waals surface area contributed by atoms with Gasteiger partial charge in [0.1, 0.15) is 5.75 Å². The minimum absolute atomic E-state index is 0.0741. The zero-order chi connectivity index (χ0) is 15.7. The van der Waals surface area contributed by atoms with Crippen molar-refractivity contribution in [1.82, 2.24) is 5.48 Å². The molecule has 0 aliphatic heterocycles. The average Bonchev–Trinajstić information content (AvgIpc) is 2.50. The van der Waals surface area contributed by atoms with Crippen molar-refractivity contribution in [3.63, 3.8) is 0 Å². The Balaban J connectivity index is 2.75. The molecule has 1 amide bonds. The van der Waals surface area contributed by atoms with E-state index >= 15 is 0 Å². The molecule has 0 saturated carbocycles. The molecule has 0 radical (unpaired) electrons. The van der Waals surface area contributed by atoms with Crippen LogP contribution in [0.5, 0.6) is 5.75 Å². The summed E-state index contributed by atoms with van der Waals surface area (Å²) in [4.78, 5) is 23.3. The monoisotopic (exact) mass is 295 g/mol. The Morgan fingerprint density at radius 3 is 2.57 bits per heavy atom. The van der Waals surface area contributed by atoms with Crippen molar-refractivity contribution in [2.24, 2.45) is 11.5 Å². The maximum absolute atomic E-state index is 11.8. The largest absolute Gasteiger partial charge is 0.426 e. The molecule has 0 atom stereocenters. The summed E-state index contributed by atoms with van der Waals surface area (Å²) < 4.78 is 5.19. The van der Waals surface area contributed by atoms with Crippen molar-refractivity contribution >= 4 is 11.9 Å². The summed E-state index contributed by atoms with van der Waals surface area (Å²) in [5.74, 6) is -1.09. The Kier molecular flexibility index (Phi) is 7.38. The maximum atomic E-state index is 11.8. The molecule has 0 unspecified atom stereocenters. The van der Waals surface area contributed by atoms with Crippen molar-refractivity contribution in [3.8, 4) is 5.75 Å². The molecule has 0 aliphatic rings. The molecule has 0 aliphatic carbocycles. The van der Waals surface area contributed by atoms with E-state index in [4.69, 9.17) is 21.4 Å². The fraction of sp³-hybridized carbons (Fsp3) is 0.429. The first kappa shape index (κ1) is 17.1. The van der Waals surface area contributed by atoms with Gasteiger partial charge in [-0.3, -0.25) is 14.8 Å². The highest BCUT2D eigenvalue weighted by atomic mass is 16.5. The van der Waals surface area contributed by atoms with Gasteiger partial charge in [-0.2, -0.15) is 0 Å². The van der Waals surface area contributed by atoms with Gasteiger partial charge < -0.3 is 16.2 Å². The van der Waals surface area contributed by atoms with Gasteiger partial charge in [0.25, 0.3) is 5.91 Å². The molecular formula is C14H21N3O4. The summed E-state index contributed by atoms with van der Waals surface area (Å²) in [6, 6.07) is 4.59. The van der Waals surface area contributed by atoms with Gasteiger partial charge in [-0.05, 0) is 37.1 Å². The smallest absolute Gasteiger partial charge is 0.311 e. The number of amides is 1. The van der Waals surface area contributed by atoms with Crippen molar-refractivity contribution in [3.05, 3.63) is 29.3 Å². The second-order valence-electron chi connectivity index (χ2n) is 4.55.